The highest BCUT2D eigenvalue weighted by Crippen LogP contribution is 2.25. The number of piperidine rings is 1. The first-order valence-electron chi connectivity index (χ1n) is 6.91. The van der Waals surface area contributed by atoms with E-state index in [1.807, 2.05) is 6.92 Å². The van der Waals surface area contributed by atoms with Crippen LogP contribution in [-0.2, 0) is 14.3 Å². The van der Waals surface area contributed by atoms with Crippen molar-refractivity contribution in [3.63, 3.8) is 0 Å². The van der Waals surface area contributed by atoms with E-state index in [1.165, 1.54) is 0 Å². The zero-order valence-electron chi connectivity index (χ0n) is 11.9. The molecule has 7 nitrogen and oxygen atoms in total. The van der Waals surface area contributed by atoms with Crippen molar-refractivity contribution < 1.29 is 19.1 Å². The lowest BCUT2D eigenvalue weighted by molar-refractivity contribution is -0.136. The maximum Gasteiger partial charge on any atom is 0.322 e. The van der Waals surface area contributed by atoms with E-state index in [4.69, 9.17) is 4.74 Å². The number of urea groups is 1. The zero-order chi connectivity index (χ0) is 14.8. The van der Waals surface area contributed by atoms with Crippen LogP contribution in [0.15, 0.2) is 0 Å². The van der Waals surface area contributed by atoms with Gasteiger partial charge in [-0.2, -0.15) is 0 Å². The van der Waals surface area contributed by atoms with Crippen LogP contribution in [0.5, 0.6) is 0 Å². The number of amides is 4. The monoisotopic (exact) mass is 283 g/mol. The molecule has 20 heavy (non-hydrogen) atoms. The molecule has 112 valence electrons. The maximum atomic E-state index is 12.2. The van der Waals surface area contributed by atoms with E-state index in [0.29, 0.717) is 32.2 Å². The highest BCUT2D eigenvalue weighted by molar-refractivity contribution is 6.07. The lowest BCUT2D eigenvalue weighted by Crippen LogP contribution is -2.59. The number of imide groups is 1. The van der Waals surface area contributed by atoms with Crippen LogP contribution < -0.4 is 10.6 Å². The molecule has 0 saturated carbocycles. The minimum atomic E-state index is -0.933. The number of carbonyl (C=O) groups excluding carboxylic acids is 3. The molecule has 4 amide bonds. The van der Waals surface area contributed by atoms with Crippen molar-refractivity contribution in [1.29, 1.82) is 0 Å². The van der Waals surface area contributed by atoms with E-state index in [9.17, 15) is 14.4 Å². The molecule has 0 aliphatic carbocycles. The van der Waals surface area contributed by atoms with Gasteiger partial charge in [0, 0.05) is 20.1 Å². The molecule has 0 aromatic heterocycles. The molecule has 2 aliphatic rings. The minimum Gasteiger partial charge on any atom is -0.382 e. The quantitative estimate of drug-likeness (QED) is 0.711. The molecule has 7 heteroatoms. The van der Waals surface area contributed by atoms with Gasteiger partial charge in [-0.25, -0.2) is 4.79 Å². The van der Waals surface area contributed by atoms with Gasteiger partial charge in [-0.05, 0) is 26.2 Å². The molecule has 2 fully saturated rings. The van der Waals surface area contributed by atoms with Gasteiger partial charge in [0.1, 0.15) is 5.54 Å². The summed E-state index contributed by atoms with van der Waals surface area (Å²) >= 11 is 0. The highest BCUT2D eigenvalue weighted by Gasteiger charge is 2.49. The Kier molecular flexibility index (Phi) is 4.27. The van der Waals surface area contributed by atoms with E-state index in [-0.39, 0.29) is 24.5 Å². The summed E-state index contributed by atoms with van der Waals surface area (Å²) < 4.78 is 5.12. The number of hydrogen-bond donors (Lipinski definition) is 2. The molecular formula is C13H21N3O4. The smallest absolute Gasteiger partial charge is 0.322 e. The van der Waals surface area contributed by atoms with Crippen LogP contribution in [0.2, 0.25) is 0 Å². The normalized spacial score (nSPS) is 27.4. The van der Waals surface area contributed by atoms with Crippen molar-refractivity contribution in [2.45, 2.75) is 44.2 Å². The van der Waals surface area contributed by atoms with Crippen LogP contribution in [-0.4, -0.2) is 54.6 Å². The topological polar surface area (TPSA) is 87.7 Å². The molecule has 0 aromatic rings. The van der Waals surface area contributed by atoms with E-state index in [1.54, 1.807) is 12.0 Å². The molecule has 0 radical (unpaired) electrons. The summed E-state index contributed by atoms with van der Waals surface area (Å²) in [6.07, 6.45) is 2.35. The Labute approximate surface area is 118 Å². The second-order valence-corrected chi connectivity index (χ2v) is 5.49. The molecule has 2 aliphatic heterocycles. The first kappa shape index (κ1) is 14.8. The van der Waals surface area contributed by atoms with Crippen LogP contribution in [0, 0.1) is 0 Å². The summed E-state index contributed by atoms with van der Waals surface area (Å²) in [6.45, 7) is 2.80. The molecular weight excluding hydrogens is 262 g/mol. The molecule has 2 saturated heterocycles. The van der Waals surface area contributed by atoms with Gasteiger partial charge in [0.15, 0.2) is 0 Å². The lowest BCUT2D eigenvalue weighted by atomic mass is 9.89. The second kappa shape index (κ2) is 5.78. The number of nitrogens with one attached hydrogen (secondary N) is 2. The fourth-order valence-corrected chi connectivity index (χ4v) is 2.69. The summed E-state index contributed by atoms with van der Waals surface area (Å²) in [7, 11) is 1.61. The SMILES string of the molecule is COC(C)CCC(=O)N1CCCC2(C1)NC(=O)NC2=O. The standard InChI is InChI=1S/C13H21N3O4/c1-9(20-2)4-5-10(17)16-7-3-6-13(8-16)11(18)14-12(19)15-13/h9H,3-8H2,1-2H3,(H2,14,15,18,19). The molecule has 2 atom stereocenters. The Balaban J connectivity index is 1.95. The fraction of sp³-hybridized carbons (Fsp3) is 0.769. The van der Waals surface area contributed by atoms with Crippen molar-refractivity contribution in [3.8, 4) is 0 Å². The number of nitrogens with zero attached hydrogens (tertiary/aromatic N) is 1. The van der Waals surface area contributed by atoms with E-state index >= 15 is 0 Å². The third-order valence-corrected chi connectivity index (χ3v) is 4.03. The molecule has 1 spiro atoms. The first-order chi connectivity index (χ1) is 9.47. The Morgan fingerprint density at radius 1 is 1.50 bits per heavy atom. The van der Waals surface area contributed by atoms with E-state index in [0.717, 1.165) is 0 Å². The van der Waals surface area contributed by atoms with Crippen molar-refractivity contribution in [2.75, 3.05) is 20.2 Å². The summed E-state index contributed by atoms with van der Waals surface area (Å²) in [4.78, 5) is 37.0. The summed E-state index contributed by atoms with van der Waals surface area (Å²) in [5.41, 5.74) is -0.933. The molecule has 2 heterocycles. The number of carbonyl (C=O) groups is 3. The van der Waals surface area contributed by atoms with Crippen LogP contribution in [0.3, 0.4) is 0 Å². The first-order valence-corrected chi connectivity index (χ1v) is 6.91. The predicted octanol–water partition coefficient (Wildman–Crippen LogP) is 0.00210. The second-order valence-electron chi connectivity index (χ2n) is 5.49. The van der Waals surface area contributed by atoms with Crippen LogP contribution in [0.25, 0.3) is 0 Å². The molecule has 2 unspecified atom stereocenters. The van der Waals surface area contributed by atoms with Gasteiger partial charge >= 0.3 is 6.03 Å². The number of rotatable bonds is 4. The van der Waals surface area contributed by atoms with Crippen molar-refractivity contribution in [3.05, 3.63) is 0 Å². The van der Waals surface area contributed by atoms with Crippen molar-refractivity contribution >= 4 is 17.8 Å². The van der Waals surface area contributed by atoms with Crippen LogP contribution >= 0.6 is 0 Å². The van der Waals surface area contributed by atoms with Crippen LogP contribution in [0.4, 0.5) is 4.79 Å². The van der Waals surface area contributed by atoms with Crippen LogP contribution in [0.1, 0.15) is 32.6 Å². The number of ether oxygens (including phenoxy) is 1. The fourth-order valence-electron chi connectivity index (χ4n) is 2.69. The summed E-state index contributed by atoms with van der Waals surface area (Å²) in [6, 6.07) is -0.475. The number of methoxy groups -OCH3 is 1. The summed E-state index contributed by atoms with van der Waals surface area (Å²) in [5, 5.41) is 4.91. The largest absolute Gasteiger partial charge is 0.382 e. The third kappa shape index (κ3) is 2.92. The Morgan fingerprint density at radius 3 is 2.85 bits per heavy atom. The van der Waals surface area contributed by atoms with Gasteiger partial charge in [-0.1, -0.05) is 0 Å². The molecule has 0 aromatic carbocycles. The molecule has 2 rings (SSSR count). The van der Waals surface area contributed by atoms with Gasteiger partial charge < -0.3 is 15.0 Å². The zero-order valence-corrected chi connectivity index (χ0v) is 11.9. The average Bonchev–Trinajstić information content (AvgIpc) is 2.69. The molecule has 0 bridgehead atoms. The van der Waals surface area contributed by atoms with Gasteiger partial charge in [0.2, 0.25) is 5.91 Å². The van der Waals surface area contributed by atoms with Gasteiger partial charge in [0.25, 0.3) is 5.91 Å². The Bertz CT molecular complexity index is 426. The van der Waals surface area contributed by atoms with Crippen molar-refractivity contribution in [2.24, 2.45) is 0 Å². The minimum absolute atomic E-state index is 0.00178. The van der Waals surface area contributed by atoms with E-state index in [2.05, 4.69) is 10.6 Å². The van der Waals surface area contributed by atoms with E-state index < -0.39 is 11.6 Å². The number of likely N-dealkylation sites (tertiary alicyclic amines) is 1. The van der Waals surface area contributed by atoms with Gasteiger partial charge in [0.05, 0.1) is 12.6 Å². The van der Waals surface area contributed by atoms with Crippen molar-refractivity contribution in [1.82, 2.24) is 15.5 Å². The van der Waals surface area contributed by atoms with Gasteiger partial charge in [-0.15, -0.1) is 0 Å². The predicted molar refractivity (Wildman–Crippen MR) is 70.9 cm³/mol. The highest BCUT2D eigenvalue weighted by atomic mass is 16.5. The number of hydrogen-bond acceptors (Lipinski definition) is 4. The lowest BCUT2D eigenvalue weighted by Gasteiger charge is -2.38. The van der Waals surface area contributed by atoms with Gasteiger partial charge in [-0.3, -0.25) is 14.9 Å². The Morgan fingerprint density at radius 2 is 2.25 bits per heavy atom. The summed E-state index contributed by atoms with van der Waals surface area (Å²) in [5.74, 6) is -0.327. The molecule has 2 N–H and O–H groups in total. The maximum absolute atomic E-state index is 12.2. The third-order valence-electron chi connectivity index (χ3n) is 4.03. The average molecular weight is 283 g/mol. The Hall–Kier alpha value is -1.63.